The minimum atomic E-state index is -0.211. The van der Waals surface area contributed by atoms with E-state index < -0.39 is 0 Å². The van der Waals surface area contributed by atoms with Crippen molar-refractivity contribution in [3.63, 3.8) is 0 Å². The first kappa shape index (κ1) is 20.4. The summed E-state index contributed by atoms with van der Waals surface area (Å²) in [6, 6.07) is 3.98. The van der Waals surface area contributed by atoms with E-state index in [2.05, 4.69) is 15.0 Å². The van der Waals surface area contributed by atoms with Crippen LogP contribution in [0.25, 0.3) is 0 Å². The number of rotatable bonds is 5. The lowest BCUT2D eigenvalue weighted by Crippen LogP contribution is -2.50. The molecular weight excluding hydrogens is 384 g/mol. The first-order valence-electron chi connectivity index (χ1n) is 10.5. The van der Waals surface area contributed by atoms with Crippen molar-refractivity contribution in [1.29, 1.82) is 0 Å². The van der Waals surface area contributed by atoms with Crippen molar-refractivity contribution in [2.24, 2.45) is 0 Å². The second-order valence-corrected chi connectivity index (χ2v) is 8.23. The number of carbonyl (C=O) groups is 1. The maximum absolute atomic E-state index is 12.5. The molecule has 2 bridgehead atoms. The van der Waals surface area contributed by atoms with Crippen LogP contribution in [-0.4, -0.2) is 50.2 Å². The molecule has 2 atom stereocenters. The molecule has 2 saturated heterocycles. The molecule has 8 nitrogen and oxygen atoms in total. The van der Waals surface area contributed by atoms with Crippen molar-refractivity contribution in [3.05, 3.63) is 35.9 Å². The average Bonchev–Trinajstić information content (AvgIpc) is 2.97. The quantitative estimate of drug-likeness (QED) is 0.727. The van der Waals surface area contributed by atoms with Crippen LogP contribution in [0.4, 0.5) is 4.79 Å². The van der Waals surface area contributed by atoms with Crippen molar-refractivity contribution in [3.8, 4) is 17.5 Å². The van der Waals surface area contributed by atoms with Crippen LogP contribution in [0.3, 0.4) is 0 Å². The van der Waals surface area contributed by atoms with E-state index in [9.17, 15) is 4.79 Å². The number of carbonyl (C=O) groups excluding carboxylic acids is 1. The van der Waals surface area contributed by atoms with Gasteiger partial charge in [0.05, 0.1) is 17.4 Å². The fourth-order valence-electron chi connectivity index (χ4n) is 4.26. The number of amides is 1. The number of pyridine rings is 1. The van der Waals surface area contributed by atoms with E-state index in [0.29, 0.717) is 17.5 Å². The summed E-state index contributed by atoms with van der Waals surface area (Å²) in [5.74, 6) is 1.63. The molecule has 0 aromatic carbocycles. The minimum Gasteiger partial charge on any atom is -0.474 e. The van der Waals surface area contributed by atoms with E-state index in [1.165, 1.54) is 6.33 Å². The summed E-state index contributed by atoms with van der Waals surface area (Å²) >= 11 is 0. The van der Waals surface area contributed by atoms with E-state index in [0.717, 1.165) is 36.9 Å². The smallest absolute Gasteiger partial charge is 0.410 e. The number of hydrogen-bond acceptors (Lipinski definition) is 7. The molecule has 1 amide bonds. The zero-order valence-electron chi connectivity index (χ0n) is 17.9. The van der Waals surface area contributed by atoms with Gasteiger partial charge in [0.15, 0.2) is 5.75 Å². The zero-order valence-corrected chi connectivity index (χ0v) is 17.9. The molecule has 0 N–H and O–H groups in total. The van der Waals surface area contributed by atoms with Gasteiger partial charge in [-0.05, 0) is 52.7 Å². The van der Waals surface area contributed by atoms with Gasteiger partial charge in [-0.1, -0.05) is 0 Å². The van der Waals surface area contributed by atoms with Gasteiger partial charge in [-0.2, -0.15) is 0 Å². The predicted octanol–water partition coefficient (Wildman–Crippen LogP) is 4.20. The molecule has 0 radical (unpaired) electrons. The number of fused-ring (bicyclic) bond motifs is 2. The third kappa shape index (κ3) is 4.17. The molecule has 4 heterocycles. The van der Waals surface area contributed by atoms with Crippen molar-refractivity contribution in [2.45, 2.75) is 77.7 Å². The van der Waals surface area contributed by atoms with Gasteiger partial charge in [0.2, 0.25) is 11.8 Å². The van der Waals surface area contributed by atoms with E-state index in [1.807, 2.05) is 44.7 Å². The lowest BCUT2D eigenvalue weighted by atomic mass is 10.0. The highest BCUT2D eigenvalue weighted by Crippen LogP contribution is 2.38. The third-order valence-electron chi connectivity index (χ3n) is 5.67. The van der Waals surface area contributed by atoms with Gasteiger partial charge in [0, 0.05) is 31.1 Å². The Bertz CT molecular complexity index is 906. The number of piperidine rings is 1. The van der Waals surface area contributed by atoms with E-state index in [4.69, 9.17) is 14.2 Å². The van der Waals surface area contributed by atoms with Crippen LogP contribution in [0.15, 0.2) is 24.7 Å². The average molecular weight is 412 g/mol. The molecule has 4 rings (SSSR count). The number of aromatic nitrogens is 3. The molecule has 0 spiro atoms. The van der Waals surface area contributed by atoms with Crippen LogP contribution in [-0.2, 0) is 4.74 Å². The molecule has 2 aromatic rings. The molecule has 30 heavy (non-hydrogen) atoms. The van der Waals surface area contributed by atoms with E-state index in [-0.39, 0.29) is 30.4 Å². The molecule has 2 fully saturated rings. The topological polar surface area (TPSA) is 86.7 Å². The number of nitrogens with zero attached hydrogens (tertiary/aromatic N) is 4. The summed E-state index contributed by atoms with van der Waals surface area (Å²) in [7, 11) is 0. The van der Waals surface area contributed by atoms with Crippen LogP contribution in [0, 0.1) is 13.8 Å². The van der Waals surface area contributed by atoms with Crippen molar-refractivity contribution >= 4 is 6.09 Å². The van der Waals surface area contributed by atoms with Gasteiger partial charge in [0.1, 0.15) is 12.4 Å². The highest BCUT2D eigenvalue weighted by Gasteiger charge is 2.45. The second kappa shape index (κ2) is 8.45. The van der Waals surface area contributed by atoms with Gasteiger partial charge in [0.25, 0.3) is 0 Å². The fraction of sp³-hybridized carbons (Fsp3) is 0.545. The molecule has 2 unspecified atom stereocenters. The van der Waals surface area contributed by atoms with Gasteiger partial charge in [-0.15, -0.1) is 0 Å². The minimum absolute atomic E-state index is 0.00724. The first-order chi connectivity index (χ1) is 14.4. The Labute approximate surface area is 176 Å². The predicted molar refractivity (Wildman–Crippen MR) is 110 cm³/mol. The molecule has 0 aliphatic carbocycles. The summed E-state index contributed by atoms with van der Waals surface area (Å²) < 4.78 is 17.6. The van der Waals surface area contributed by atoms with Crippen LogP contribution in [0.2, 0.25) is 0 Å². The van der Waals surface area contributed by atoms with E-state index in [1.54, 1.807) is 6.20 Å². The Morgan fingerprint density at radius 1 is 1.10 bits per heavy atom. The Kier molecular flexibility index (Phi) is 5.74. The Hall–Kier alpha value is -2.90. The number of aryl methyl sites for hydroxylation is 1. The molecule has 2 aromatic heterocycles. The summed E-state index contributed by atoms with van der Waals surface area (Å²) in [6.45, 7) is 7.53. The van der Waals surface area contributed by atoms with Gasteiger partial charge < -0.3 is 19.1 Å². The normalized spacial score (nSPS) is 22.8. The maximum atomic E-state index is 12.5. The zero-order chi connectivity index (χ0) is 21.3. The molecule has 8 heteroatoms. The SMILES string of the molecule is Cc1ncccc1Oc1ncnc(OC2CC3CCC(C2)N3C(=O)OC(C)C)c1C. The van der Waals surface area contributed by atoms with Crippen LogP contribution in [0.1, 0.15) is 50.8 Å². The number of hydrogen-bond donors (Lipinski definition) is 0. The first-order valence-corrected chi connectivity index (χ1v) is 10.5. The molecule has 2 aliphatic rings. The van der Waals surface area contributed by atoms with Crippen LogP contribution < -0.4 is 9.47 Å². The summed E-state index contributed by atoms with van der Waals surface area (Å²) in [5.41, 5.74) is 1.53. The van der Waals surface area contributed by atoms with Gasteiger partial charge in [-0.25, -0.2) is 14.8 Å². The second-order valence-electron chi connectivity index (χ2n) is 8.23. The molecule has 160 valence electrons. The monoisotopic (exact) mass is 412 g/mol. The van der Waals surface area contributed by atoms with Gasteiger partial charge in [-0.3, -0.25) is 4.98 Å². The fourth-order valence-corrected chi connectivity index (χ4v) is 4.26. The third-order valence-corrected chi connectivity index (χ3v) is 5.67. The Balaban J connectivity index is 1.45. The summed E-state index contributed by atoms with van der Waals surface area (Å²) in [6.07, 6.45) is 6.34. The van der Waals surface area contributed by atoms with Gasteiger partial charge >= 0.3 is 6.09 Å². The standard InChI is InChI=1S/C22H28N4O4/c1-13(2)28-22(27)26-16-7-8-17(26)11-18(10-16)29-20-14(3)21(25-12-24-20)30-19-6-5-9-23-15(19)4/h5-6,9,12-13,16-18H,7-8,10-11H2,1-4H3. The van der Waals surface area contributed by atoms with Crippen molar-refractivity contribution in [1.82, 2.24) is 19.9 Å². The largest absolute Gasteiger partial charge is 0.474 e. The Morgan fingerprint density at radius 3 is 2.47 bits per heavy atom. The summed E-state index contributed by atoms with van der Waals surface area (Å²) in [4.78, 5) is 27.2. The van der Waals surface area contributed by atoms with Crippen LogP contribution >= 0.6 is 0 Å². The van der Waals surface area contributed by atoms with Crippen molar-refractivity contribution < 1.29 is 19.0 Å². The lowest BCUT2D eigenvalue weighted by molar-refractivity contribution is 0.0206. The highest BCUT2D eigenvalue weighted by molar-refractivity contribution is 5.69. The maximum Gasteiger partial charge on any atom is 0.410 e. The highest BCUT2D eigenvalue weighted by atomic mass is 16.6. The van der Waals surface area contributed by atoms with E-state index >= 15 is 0 Å². The molecule has 2 aliphatic heterocycles. The van der Waals surface area contributed by atoms with Crippen LogP contribution in [0.5, 0.6) is 17.5 Å². The summed E-state index contributed by atoms with van der Waals surface area (Å²) in [5, 5.41) is 0. The molecular formula is C22H28N4O4. The van der Waals surface area contributed by atoms with Crippen molar-refractivity contribution in [2.75, 3.05) is 0 Å². The number of ether oxygens (including phenoxy) is 3. The molecule has 0 saturated carbocycles. The lowest BCUT2D eigenvalue weighted by Gasteiger charge is -2.38. The Morgan fingerprint density at radius 2 is 1.80 bits per heavy atom.